The van der Waals surface area contributed by atoms with Gasteiger partial charge in [-0.1, -0.05) is 12.5 Å². The van der Waals surface area contributed by atoms with E-state index in [1.807, 2.05) is 24.9 Å². The maximum Gasteiger partial charge on any atom is 0.268 e. The monoisotopic (exact) mass is 287 g/mol. The molecule has 6 heteroatoms. The first-order valence-electron chi connectivity index (χ1n) is 7.22. The van der Waals surface area contributed by atoms with E-state index in [1.54, 1.807) is 0 Å². The number of carbonyl (C=O) groups is 1. The van der Waals surface area contributed by atoms with Crippen molar-refractivity contribution in [3.05, 3.63) is 35.4 Å². The van der Waals surface area contributed by atoms with Gasteiger partial charge in [-0.25, -0.2) is 15.0 Å². The summed E-state index contributed by atoms with van der Waals surface area (Å²) in [6.07, 6.45) is 8.21. The zero-order valence-electron chi connectivity index (χ0n) is 12.5. The SMILES string of the molecule is C/C=C(\C)C(=N)c1ncc(C(=O)NN2CCCCC2)cn1. The number of nitrogens with one attached hydrogen (secondary N) is 2. The molecule has 2 heterocycles. The minimum atomic E-state index is -0.197. The Morgan fingerprint density at radius 2 is 1.90 bits per heavy atom. The number of piperidine rings is 1. The van der Waals surface area contributed by atoms with Crippen LogP contribution in [0.3, 0.4) is 0 Å². The highest BCUT2D eigenvalue weighted by atomic mass is 16.2. The molecule has 0 aromatic carbocycles. The lowest BCUT2D eigenvalue weighted by molar-refractivity contribution is 0.0749. The zero-order chi connectivity index (χ0) is 15.2. The molecule has 0 atom stereocenters. The quantitative estimate of drug-likeness (QED) is 0.829. The van der Waals surface area contributed by atoms with Crippen molar-refractivity contribution >= 4 is 11.6 Å². The van der Waals surface area contributed by atoms with Gasteiger partial charge in [0.05, 0.1) is 5.56 Å². The highest BCUT2D eigenvalue weighted by molar-refractivity contribution is 6.07. The van der Waals surface area contributed by atoms with Crippen molar-refractivity contribution in [1.82, 2.24) is 20.4 Å². The molecule has 0 spiro atoms. The summed E-state index contributed by atoms with van der Waals surface area (Å²) in [5.74, 6) is 0.137. The summed E-state index contributed by atoms with van der Waals surface area (Å²) >= 11 is 0. The molecule has 0 radical (unpaired) electrons. The van der Waals surface area contributed by atoms with Gasteiger partial charge in [-0.05, 0) is 32.3 Å². The largest absolute Gasteiger partial charge is 0.297 e. The summed E-state index contributed by atoms with van der Waals surface area (Å²) in [6, 6.07) is 0. The summed E-state index contributed by atoms with van der Waals surface area (Å²) in [7, 11) is 0. The van der Waals surface area contributed by atoms with Crippen LogP contribution in [0.2, 0.25) is 0 Å². The molecule has 1 aliphatic rings. The van der Waals surface area contributed by atoms with Crippen molar-refractivity contribution < 1.29 is 4.79 Å². The molecule has 0 aliphatic carbocycles. The van der Waals surface area contributed by atoms with E-state index in [-0.39, 0.29) is 11.6 Å². The van der Waals surface area contributed by atoms with Gasteiger partial charge in [0.25, 0.3) is 5.91 Å². The van der Waals surface area contributed by atoms with Crippen LogP contribution < -0.4 is 5.43 Å². The summed E-state index contributed by atoms with van der Waals surface area (Å²) in [6.45, 7) is 5.47. The molecule has 1 saturated heterocycles. The number of carbonyl (C=O) groups excluding carboxylic acids is 1. The van der Waals surface area contributed by atoms with E-state index in [0.717, 1.165) is 31.5 Å². The predicted octanol–water partition coefficient (Wildman–Crippen LogP) is 1.94. The second-order valence-corrected chi connectivity index (χ2v) is 5.13. The highest BCUT2D eigenvalue weighted by Crippen LogP contribution is 2.07. The first kappa shape index (κ1) is 15.3. The third kappa shape index (κ3) is 3.95. The molecule has 21 heavy (non-hydrogen) atoms. The molecular weight excluding hydrogens is 266 g/mol. The summed E-state index contributed by atoms with van der Waals surface area (Å²) in [5.41, 5.74) is 4.36. The van der Waals surface area contributed by atoms with Gasteiger partial charge in [0.15, 0.2) is 5.82 Å². The third-order valence-electron chi connectivity index (χ3n) is 3.58. The Bertz CT molecular complexity index is 544. The average Bonchev–Trinajstić information content (AvgIpc) is 2.54. The fourth-order valence-electron chi connectivity index (χ4n) is 2.11. The standard InChI is InChI=1S/C15H21N5O/c1-3-11(2)13(16)14-17-9-12(10-18-14)15(21)19-20-7-5-4-6-8-20/h3,9-10,16H,4-8H2,1-2H3,(H,19,21)/b11-3+,16-13?. The number of allylic oxidation sites excluding steroid dienone is 2. The van der Waals surface area contributed by atoms with Crippen molar-refractivity contribution in [2.24, 2.45) is 0 Å². The molecule has 2 rings (SSSR count). The number of nitrogens with zero attached hydrogens (tertiary/aromatic N) is 3. The maximum absolute atomic E-state index is 12.1. The van der Waals surface area contributed by atoms with Gasteiger partial charge in [0, 0.05) is 25.5 Å². The van der Waals surface area contributed by atoms with Gasteiger partial charge in [-0.3, -0.25) is 15.6 Å². The van der Waals surface area contributed by atoms with Crippen LogP contribution in [0.4, 0.5) is 0 Å². The zero-order valence-corrected chi connectivity index (χ0v) is 12.5. The number of aromatic nitrogens is 2. The molecule has 0 saturated carbocycles. The molecule has 0 unspecified atom stereocenters. The molecular formula is C15H21N5O. The van der Waals surface area contributed by atoms with Crippen molar-refractivity contribution in [3.63, 3.8) is 0 Å². The van der Waals surface area contributed by atoms with Gasteiger partial charge in [-0.15, -0.1) is 0 Å². The number of hydrogen-bond acceptors (Lipinski definition) is 5. The van der Waals surface area contributed by atoms with Crippen LogP contribution in [0.1, 0.15) is 49.3 Å². The average molecular weight is 287 g/mol. The van der Waals surface area contributed by atoms with Gasteiger partial charge in [0.2, 0.25) is 0 Å². The van der Waals surface area contributed by atoms with Crippen LogP contribution in [-0.2, 0) is 0 Å². The molecule has 1 fully saturated rings. The van der Waals surface area contributed by atoms with Crippen LogP contribution in [0, 0.1) is 5.41 Å². The first-order valence-corrected chi connectivity index (χ1v) is 7.22. The van der Waals surface area contributed by atoms with E-state index in [2.05, 4.69) is 15.4 Å². The van der Waals surface area contributed by atoms with Crippen LogP contribution in [-0.4, -0.2) is 39.7 Å². The van der Waals surface area contributed by atoms with Crippen LogP contribution in [0.25, 0.3) is 0 Å². The van der Waals surface area contributed by atoms with Crippen molar-refractivity contribution in [2.45, 2.75) is 33.1 Å². The van der Waals surface area contributed by atoms with Crippen LogP contribution in [0.5, 0.6) is 0 Å². The molecule has 6 nitrogen and oxygen atoms in total. The molecule has 0 bridgehead atoms. The second-order valence-electron chi connectivity index (χ2n) is 5.13. The Balaban J connectivity index is 2.01. The van der Waals surface area contributed by atoms with Crippen LogP contribution in [0.15, 0.2) is 24.0 Å². The van der Waals surface area contributed by atoms with E-state index >= 15 is 0 Å². The number of rotatable bonds is 4. The Morgan fingerprint density at radius 3 is 2.48 bits per heavy atom. The minimum Gasteiger partial charge on any atom is -0.297 e. The van der Waals surface area contributed by atoms with E-state index in [9.17, 15) is 4.79 Å². The summed E-state index contributed by atoms with van der Waals surface area (Å²) in [5, 5.41) is 9.85. The Morgan fingerprint density at radius 1 is 1.29 bits per heavy atom. The van der Waals surface area contributed by atoms with Crippen LogP contribution >= 0.6 is 0 Å². The van der Waals surface area contributed by atoms with Crippen molar-refractivity contribution in [2.75, 3.05) is 13.1 Å². The van der Waals surface area contributed by atoms with E-state index in [0.29, 0.717) is 11.4 Å². The van der Waals surface area contributed by atoms with E-state index in [4.69, 9.17) is 5.41 Å². The summed E-state index contributed by atoms with van der Waals surface area (Å²) < 4.78 is 0. The number of hydrogen-bond donors (Lipinski definition) is 2. The second kappa shape index (κ2) is 7.08. The summed E-state index contributed by atoms with van der Waals surface area (Å²) in [4.78, 5) is 20.3. The molecule has 1 aromatic heterocycles. The topological polar surface area (TPSA) is 82.0 Å². The normalized spacial score (nSPS) is 16.6. The van der Waals surface area contributed by atoms with E-state index in [1.165, 1.54) is 18.8 Å². The molecule has 2 N–H and O–H groups in total. The van der Waals surface area contributed by atoms with E-state index < -0.39 is 0 Å². The predicted molar refractivity (Wildman–Crippen MR) is 81.2 cm³/mol. The van der Waals surface area contributed by atoms with Gasteiger partial charge in [-0.2, -0.15) is 0 Å². The minimum absolute atomic E-state index is 0.197. The Kier molecular flexibility index (Phi) is 5.16. The lowest BCUT2D eigenvalue weighted by Gasteiger charge is -2.26. The fraction of sp³-hybridized carbons (Fsp3) is 0.467. The maximum atomic E-state index is 12.1. The van der Waals surface area contributed by atoms with Crippen molar-refractivity contribution in [3.8, 4) is 0 Å². The molecule has 1 aliphatic heterocycles. The first-order chi connectivity index (χ1) is 10.1. The Hall–Kier alpha value is -2.08. The fourth-order valence-corrected chi connectivity index (χ4v) is 2.11. The molecule has 1 aromatic rings. The Labute approximate surface area is 124 Å². The van der Waals surface area contributed by atoms with Crippen molar-refractivity contribution in [1.29, 1.82) is 5.41 Å². The number of amides is 1. The van der Waals surface area contributed by atoms with Gasteiger partial charge < -0.3 is 0 Å². The third-order valence-corrected chi connectivity index (χ3v) is 3.58. The lowest BCUT2D eigenvalue weighted by atomic mass is 10.1. The highest BCUT2D eigenvalue weighted by Gasteiger charge is 2.15. The molecule has 112 valence electrons. The molecule has 1 amide bonds. The van der Waals surface area contributed by atoms with Gasteiger partial charge >= 0.3 is 0 Å². The smallest absolute Gasteiger partial charge is 0.268 e. The lowest BCUT2D eigenvalue weighted by Crippen LogP contribution is -2.45. The van der Waals surface area contributed by atoms with Gasteiger partial charge in [0.1, 0.15) is 5.71 Å². The number of hydrazine groups is 1.